The molecule has 24 heavy (non-hydrogen) atoms. The van der Waals surface area contributed by atoms with Crippen LogP contribution in [0.5, 0.6) is 0 Å². The summed E-state index contributed by atoms with van der Waals surface area (Å²) < 4.78 is 2.16. The summed E-state index contributed by atoms with van der Waals surface area (Å²) in [6.07, 6.45) is 0. The number of para-hydroxylation sites is 2. The van der Waals surface area contributed by atoms with Gasteiger partial charge in [-0.15, -0.1) is 0 Å². The Morgan fingerprint density at radius 1 is 1.12 bits per heavy atom. The van der Waals surface area contributed by atoms with E-state index in [2.05, 4.69) is 22.5 Å². The average Bonchev–Trinajstić information content (AvgIpc) is 2.98. The van der Waals surface area contributed by atoms with Crippen molar-refractivity contribution in [1.82, 2.24) is 14.5 Å². The van der Waals surface area contributed by atoms with E-state index in [-0.39, 0.29) is 5.91 Å². The summed E-state index contributed by atoms with van der Waals surface area (Å²) in [5.74, 6) is 0.505. The van der Waals surface area contributed by atoms with Gasteiger partial charge in [0.25, 0.3) is 0 Å². The molecule has 5 heteroatoms. The molecule has 0 atom stereocenters. The molecule has 0 aliphatic carbocycles. The number of amides is 1. The highest BCUT2D eigenvalue weighted by Gasteiger charge is 2.14. The molecule has 1 aromatic heterocycles. The van der Waals surface area contributed by atoms with Gasteiger partial charge in [0.2, 0.25) is 5.91 Å². The van der Waals surface area contributed by atoms with E-state index in [9.17, 15) is 4.79 Å². The Kier molecular flexibility index (Phi) is 5.20. The third-order valence-corrected chi connectivity index (χ3v) is 4.91. The van der Waals surface area contributed by atoms with Gasteiger partial charge in [-0.2, -0.15) is 0 Å². The highest BCUT2D eigenvalue weighted by atomic mass is 32.2. The molecule has 0 saturated heterocycles. The minimum Gasteiger partial charge on any atom is -0.341 e. The smallest absolute Gasteiger partial charge is 0.233 e. The molecule has 0 spiro atoms. The van der Waals surface area contributed by atoms with Gasteiger partial charge in [0, 0.05) is 20.1 Å². The fraction of sp³-hybridized carbons (Fsp3) is 0.263. The number of benzene rings is 2. The van der Waals surface area contributed by atoms with Crippen molar-refractivity contribution in [2.75, 3.05) is 12.8 Å². The molecule has 3 aromatic rings. The largest absolute Gasteiger partial charge is 0.341 e. The minimum absolute atomic E-state index is 0.110. The van der Waals surface area contributed by atoms with Gasteiger partial charge in [0.15, 0.2) is 5.16 Å². The highest BCUT2D eigenvalue weighted by Crippen LogP contribution is 2.24. The first-order chi connectivity index (χ1) is 11.7. The third kappa shape index (κ3) is 3.62. The van der Waals surface area contributed by atoms with E-state index < -0.39 is 0 Å². The summed E-state index contributed by atoms with van der Waals surface area (Å²) in [6.45, 7) is 3.57. The van der Waals surface area contributed by atoms with Gasteiger partial charge in [-0.25, -0.2) is 4.98 Å². The molecule has 0 aliphatic rings. The zero-order valence-corrected chi connectivity index (χ0v) is 14.8. The molecular formula is C19H21N3OS. The second kappa shape index (κ2) is 7.53. The molecule has 4 nitrogen and oxygen atoms in total. The minimum atomic E-state index is 0.110. The molecular weight excluding hydrogens is 318 g/mol. The first kappa shape index (κ1) is 16.6. The topological polar surface area (TPSA) is 38.1 Å². The van der Waals surface area contributed by atoms with Gasteiger partial charge in [-0.3, -0.25) is 4.79 Å². The molecule has 2 aromatic carbocycles. The van der Waals surface area contributed by atoms with Crippen molar-refractivity contribution < 1.29 is 4.79 Å². The molecule has 0 unspecified atom stereocenters. The van der Waals surface area contributed by atoms with Crippen molar-refractivity contribution in [3.05, 3.63) is 60.2 Å². The average molecular weight is 339 g/mol. The number of nitrogens with zero attached hydrogens (tertiary/aromatic N) is 3. The van der Waals surface area contributed by atoms with Crippen molar-refractivity contribution in [2.45, 2.75) is 25.2 Å². The van der Waals surface area contributed by atoms with Crippen LogP contribution in [0.2, 0.25) is 0 Å². The maximum atomic E-state index is 12.4. The first-order valence-corrected chi connectivity index (χ1v) is 9.03. The summed E-state index contributed by atoms with van der Waals surface area (Å²) in [5.41, 5.74) is 3.23. The zero-order chi connectivity index (χ0) is 16.9. The van der Waals surface area contributed by atoms with Crippen LogP contribution in [0.25, 0.3) is 11.0 Å². The van der Waals surface area contributed by atoms with E-state index in [0.29, 0.717) is 12.3 Å². The van der Waals surface area contributed by atoms with Crippen LogP contribution >= 0.6 is 11.8 Å². The number of aryl methyl sites for hydroxylation is 1. The molecule has 0 bridgehead atoms. The van der Waals surface area contributed by atoms with Crippen LogP contribution in [-0.2, 0) is 17.9 Å². The van der Waals surface area contributed by atoms with Crippen molar-refractivity contribution in [3.8, 4) is 0 Å². The van der Waals surface area contributed by atoms with Crippen LogP contribution in [-0.4, -0.2) is 33.2 Å². The predicted octanol–water partition coefficient (Wildman–Crippen LogP) is 3.81. The molecule has 0 fully saturated rings. The quantitative estimate of drug-likeness (QED) is 0.641. The Morgan fingerprint density at radius 2 is 1.83 bits per heavy atom. The van der Waals surface area contributed by atoms with Crippen molar-refractivity contribution in [3.63, 3.8) is 0 Å². The van der Waals surface area contributed by atoms with Gasteiger partial charge >= 0.3 is 0 Å². The Hall–Kier alpha value is -2.27. The van der Waals surface area contributed by atoms with Crippen LogP contribution in [0.15, 0.2) is 59.8 Å². The summed E-state index contributed by atoms with van der Waals surface area (Å²) in [6, 6.07) is 18.1. The van der Waals surface area contributed by atoms with E-state index >= 15 is 0 Å². The number of thioether (sulfide) groups is 1. The van der Waals surface area contributed by atoms with Gasteiger partial charge in [-0.1, -0.05) is 54.2 Å². The Bertz CT molecular complexity index is 829. The number of carbonyl (C=O) groups is 1. The highest BCUT2D eigenvalue weighted by molar-refractivity contribution is 7.99. The number of aromatic nitrogens is 2. The number of hydrogen-bond acceptors (Lipinski definition) is 3. The maximum Gasteiger partial charge on any atom is 0.233 e. The van der Waals surface area contributed by atoms with Crippen molar-refractivity contribution >= 4 is 28.7 Å². The fourth-order valence-corrected chi connectivity index (χ4v) is 3.67. The summed E-state index contributed by atoms with van der Waals surface area (Å²) >= 11 is 1.51. The van der Waals surface area contributed by atoms with E-state index in [1.165, 1.54) is 11.8 Å². The summed E-state index contributed by atoms with van der Waals surface area (Å²) in [4.78, 5) is 18.8. The number of fused-ring (bicyclic) bond motifs is 1. The number of rotatable bonds is 6. The van der Waals surface area contributed by atoms with Crippen LogP contribution < -0.4 is 0 Å². The Balaban J connectivity index is 1.66. The van der Waals surface area contributed by atoms with Gasteiger partial charge in [-0.05, 0) is 24.6 Å². The maximum absolute atomic E-state index is 12.4. The number of carbonyl (C=O) groups excluding carboxylic acids is 1. The van der Waals surface area contributed by atoms with Gasteiger partial charge < -0.3 is 9.47 Å². The lowest BCUT2D eigenvalue weighted by Gasteiger charge is -2.17. The lowest BCUT2D eigenvalue weighted by molar-refractivity contribution is -0.127. The first-order valence-electron chi connectivity index (χ1n) is 8.05. The van der Waals surface area contributed by atoms with Crippen LogP contribution in [0, 0.1) is 0 Å². The molecule has 0 aliphatic heterocycles. The standard InChI is InChI=1S/C19H21N3OS/c1-3-22-17-12-8-7-11-16(17)20-19(22)24-14-18(23)21(2)13-15-9-5-4-6-10-15/h4-12H,3,13-14H2,1-2H3. The Morgan fingerprint density at radius 3 is 2.58 bits per heavy atom. The van der Waals surface area contributed by atoms with E-state index in [1.807, 2.05) is 55.6 Å². The second-order valence-corrected chi connectivity index (χ2v) is 6.59. The van der Waals surface area contributed by atoms with Gasteiger partial charge in [0.1, 0.15) is 0 Å². The predicted molar refractivity (Wildman–Crippen MR) is 99.0 cm³/mol. The van der Waals surface area contributed by atoms with E-state index in [1.54, 1.807) is 4.90 Å². The summed E-state index contributed by atoms with van der Waals surface area (Å²) in [7, 11) is 1.85. The van der Waals surface area contributed by atoms with Crippen molar-refractivity contribution in [1.29, 1.82) is 0 Å². The van der Waals surface area contributed by atoms with Crippen LogP contribution in [0.1, 0.15) is 12.5 Å². The molecule has 1 amide bonds. The van der Waals surface area contributed by atoms with Gasteiger partial charge in [0.05, 0.1) is 16.8 Å². The lowest BCUT2D eigenvalue weighted by Crippen LogP contribution is -2.27. The lowest BCUT2D eigenvalue weighted by atomic mass is 10.2. The zero-order valence-electron chi connectivity index (χ0n) is 14.0. The number of imidazole rings is 1. The second-order valence-electron chi connectivity index (χ2n) is 5.65. The monoisotopic (exact) mass is 339 g/mol. The normalized spacial score (nSPS) is 10.9. The van der Waals surface area contributed by atoms with Crippen LogP contribution in [0.4, 0.5) is 0 Å². The molecule has 0 saturated carbocycles. The molecule has 3 rings (SSSR count). The molecule has 0 N–H and O–H groups in total. The molecule has 124 valence electrons. The fourth-order valence-electron chi connectivity index (χ4n) is 2.65. The number of hydrogen-bond donors (Lipinski definition) is 0. The SMILES string of the molecule is CCn1c(SCC(=O)N(C)Cc2ccccc2)nc2ccccc21. The molecule has 0 radical (unpaired) electrons. The third-order valence-electron chi connectivity index (χ3n) is 3.95. The van der Waals surface area contributed by atoms with E-state index in [0.717, 1.165) is 28.3 Å². The van der Waals surface area contributed by atoms with E-state index in [4.69, 9.17) is 0 Å². The van der Waals surface area contributed by atoms with Crippen molar-refractivity contribution in [2.24, 2.45) is 0 Å². The summed E-state index contributed by atoms with van der Waals surface area (Å²) in [5, 5.41) is 0.903. The molecule has 1 heterocycles. The van der Waals surface area contributed by atoms with Crippen LogP contribution in [0.3, 0.4) is 0 Å². The Labute approximate surface area is 146 Å².